The lowest BCUT2D eigenvalue weighted by atomic mass is 10.2. The number of ether oxygens (including phenoxy) is 1. The minimum atomic E-state index is -1.56. The van der Waals surface area contributed by atoms with Gasteiger partial charge in [0.1, 0.15) is 35.1 Å². The number of hydrogen-bond donors (Lipinski definition) is 1. The zero-order valence-corrected chi connectivity index (χ0v) is 22.4. The van der Waals surface area contributed by atoms with Crippen molar-refractivity contribution in [3.05, 3.63) is 85.5 Å². The third-order valence-corrected chi connectivity index (χ3v) is 6.44. The lowest BCUT2D eigenvalue weighted by Crippen LogP contribution is -2.54. The molecule has 1 aliphatic heterocycles. The van der Waals surface area contributed by atoms with Crippen molar-refractivity contribution in [3.8, 4) is 22.8 Å². The number of azo groups is 2. The van der Waals surface area contributed by atoms with Crippen molar-refractivity contribution in [2.45, 2.75) is 13.0 Å². The lowest BCUT2D eigenvalue weighted by molar-refractivity contribution is -0.498. The maximum absolute atomic E-state index is 13.4. The van der Waals surface area contributed by atoms with Crippen molar-refractivity contribution in [2.75, 3.05) is 16.8 Å². The Hall–Kier alpha value is -5.79. The fourth-order valence-corrected chi connectivity index (χ4v) is 4.40. The first-order chi connectivity index (χ1) is 20.3. The van der Waals surface area contributed by atoms with Gasteiger partial charge in [0, 0.05) is 25.0 Å². The molecule has 210 valence electrons. The monoisotopic (exact) mass is 568 g/mol. The van der Waals surface area contributed by atoms with Crippen LogP contribution in [0.4, 0.5) is 20.7 Å². The number of urea groups is 1. The molecular weight excluding hydrogens is 545 g/mol. The first kappa shape index (κ1) is 26.4. The van der Waals surface area contributed by atoms with Crippen LogP contribution in [0, 0.1) is 5.82 Å². The van der Waals surface area contributed by atoms with Crippen LogP contribution in [0.25, 0.3) is 16.8 Å². The summed E-state index contributed by atoms with van der Waals surface area (Å²) in [5.74, 6) is -1.14. The maximum atomic E-state index is 13.4. The number of aryl methyl sites for hydroxylation is 1. The van der Waals surface area contributed by atoms with Crippen LogP contribution in [0.2, 0.25) is 0 Å². The summed E-state index contributed by atoms with van der Waals surface area (Å²) in [4.78, 5) is 48.5. The zero-order valence-electron chi connectivity index (χ0n) is 22.4. The van der Waals surface area contributed by atoms with E-state index >= 15 is 0 Å². The van der Waals surface area contributed by atoms with E-state index in [0.717, 1.165) is 38.5 Å². The van der Waals surface area contributed by atoms with Gasteiger partial charge < -0.3 is 14.6 Å². The molecule has 1 aromatic carbocycles. The molecule has 0 aliphatic carbocycles. The van der Waals surface area contributed by atoms with Crippen LogP contribution in [0.3, 0.4) is 0 Å². The Kier molecular flexibility index (Phi) is 6.70. The number of nitrogens with zero attached hydrogens (tertiary/aromatic N) is 8. The van der Waals surface area contributed by atoms with E-state index in [1.807, 2.05) is 36.1 Å². The van der Waals surface area contributed by atoms with Crippen LogP contribution in [-0.4, -0.2) is 59.3 Å². The Morgan fingerprint density at radius 2 is 1.90 bits per heavy atom. The highest BCUT2D eigenvalue weighted by atomic mass is 19.1. The number of benzene rings is 1. The molecule has 0 radical (unpaired) electrons. The molecule has 0 fully saturated rings. The summed E-state index contributed by atoms with van der Waals surface area (Å²) in [6.45, 7) is 1.77. The minimum Gasteiger partial charge on any atom is -0.453 e. The molecule has 5 heterocycles. The predicted molar refractivity (Wildman–Crippen MR) is 147 cm³/mol. The van der Waals surface area contributed by atoms with Crippen LogP contribution < -0.4 is 15.0 Å². The van der Waals surface area contributed by atoms with E-state index in [0.29, 0.717) is 11.5 Å². The summed E-state index contributed by atoms with van der Waals surface area (Å²) in [6.07, 6.45) is 8.51. The van der Waals surface area contributed by atoms with Crippen molar-refractivity contribution in [1.29, 1.82) is 0 Å². The van der Waals surface area contributed by atoms with Crippen LogP contribution in [-0.2, 0) is 16.6 Å². The molecule has 13 nitrogen and oxygen atoms in total. The summed E-state index contributed by atoms with van der Waals surface area (Å²) < 4.78 is 24.1. The largest absolute Gasteiger partial charge is 0.526 e. The minimum absolute atomic E-state index is 0.115. The van der Waals surface area contributed by atoms with Crippen LogP contribution in [0.5, 0.6) is 11.5 Å². The van der Waals surface area contributed by atoms with Gasteiger partial charge in [-0.2, -0.15) is 9.89 Å². The Balaban J connectivity index is 1.20. The fraction of sp³-hybridized carbons (Fsp3) is 0.143. The highest BCUT2D eigenvalue weighted by Crippen LogP contribution is 2.31. The lowest BCUT2D eigenvalue weighted by Gasteiger charge is -2.21. The van der Waals surface area contributed by atoms with E-state index < -0.39 is 29.7 Å². The molecule has 1 aliphatic rings. The quantitative estimate of drug-likeness (QED) is 0.231. The predicted octanol–water partition coefficient (Wildman–Crippen LogP) is 4.02. The first-order valence-electron chi connectivity index (χ1n) is 12.8. The highest BCUT2D eigenvalue weighted by Gasteiger charge is 2.48. The molecule has 0 spiro atoms. The van der Waals surface area contributed by atoms with Gasteiger partial charge in [-0.05, 0) is 55.5 Å². The average Bonchev–Trinajstić information content (AvgIpc) is 3.64. The summed E-state index contributed by atoms with van der Waals surface area (Å²) in [6, 6.07) is 9.27. The third kappa shape index (κ3) is 4.96. The Morgan fingerprint density at radius 1 is 1.10 bits per heavy atom. The van der Waals surface area contributed by atoms with Gasteiger partial charge in [-0.15, -0.1) is 9.60 Å². The van der Waals surface area contributed by atoms with Gasteiger partial charge in [0.25, 0.3) is 11.9 Å². The summed E-state index contributed by atoms with van der Waals surface area (Å²) in [5, 5.41) is 10.9. The summed E-state index contributed by atoms with van der Waals surface area (Å²) in [5.41, 5.74) is 2.40. The number of aromatic nitrogens is 5. The van der Waals surface area contributed by atoms with E-state index in [1.54, 1.807) is 30.0 Å². The number of amides is 4. The molecule has 4 amide bonds. The van der Waals surface area contributed by atoms with Crippen molar-refractivity contribution in [2.24, 2.45) is 12.2 Å². The number of carbonyl (C=O) groups is 3. The van der Waals surface area contributed by atoms with E-state index in [9.17, 15) is 18.8 Å². The zero-order chi connectivity index (χ0) is 29.4. The van der Waals surface area contributed by atoms with Gasteiger partial charge in [0.15, 0.2) is 5.75 Å². The molecular formula is C28H23FN9O4+. The molecule has 4 aromatic heterocycles. The van der Waals surface area contributed by atoms with E-state index in [4.69, 9.17) is 4.74 Å². The summed E-state index contributed by atoms with van der Waals surface area (Å²) in [7, 11) is 1.88. The molecule has 0 saturated carbocycles. The molecule has 0 saturated heterocycles. The number of halogens is 1. The molecule has 5 aromatic rings. The van der Waals surface area contributed by atoms with E-state index in [-0.39, 0.29) is 18.1 Å². The molecule has 42 heavy (non-hydrogen) atoms. The van der Waals surface area contributed by atoms with Gasteiger partial charge in [-0.3, -0.25) is 4.79 Å². The average molecular weight is 569 g/mol. The van der Waals surface area contributed by atoms with Crippen LogP contribution in [0.1, 0.15) is 6.92 Å². The number of carbonyl (C=O) groups excluding carboxylic acids is 3. The second kappa shape index (κ2) is 10.6. The van der Waals surface area contributed by atoms with Gasteiger partial charge >= 0.3 is 11.9 Å². The standard InChI is InChI=1S/C28H22FN9O4/c1-3-36-28(41)38(19-6-4-18(29)5-7-19)27(40)25(34-36)26(39)33-24-9-8-20(13-30-24)42-23-12-17(21-15-35(2)16-31-21)14-37-22(23)10-11-32-37/h4-16,25H,3H2,1-2H3/p+1. The smallest absolute Gasteiger partial charge is 0.453 e. The number of anilines is 2. The number of imide groups is 1. The SMILES string of the molecule is CC[N+]1=NC(C(=O)Nc2ccc(Oc3cc(-c4cn(C)cn4)cn4nccc34)cn2)C(=O)N(c2ccc(F)cc2)C1=O. The molecule has 0 bridgehead atoms. The topological polar surface area (TPSA) is 139 Å². The highest BCUT2D eigenvalue weighted by molar-refractivity contribution is 6.23. The summed E-state index contributed by atoms with van der Waals surface area (Å²) >= 11 is 0. The number of pyridine rings is 2. The number of hydrogen-bond acceptors (Lipinski definition) is 8. The Bertz CT molecular complexity index is 1860. The van der Waals surface area contributed by atoms with Gasteiger partial charge in [-0.25, -0.2) is 23.7 Å². The Morgan fingerprint density at radius 3 is 2.60 bits per heavy atom. The van der Waals surface area contributed by atoms with Gasteiger partial charge in [-0.1, -0.05) is 5.11 Å². The van der Waals surface area contributed by atoms with Crippen molar-refractivity contribution < 1.29 is 28.2 Å². The van der Waals surface area contributed by atoms with Crippen LogP contribution in [0.15, 0.2) is 84.8 Å². The third-order valence-electron chi connectivity index (χ3n) is 6.44. The van der Waals surface area contributed by atoms with E-state index in [2.05, 4.69) is 25.5 Å². The number of rotatable bonds is 7. The molecule has 6 rings (SSSR count). The number of nitrogens with one attached hydrogen (secondary N) is 1. The number of fused-ring (bicyclic) bond motifs is 1. The molecule has 1 atom stereocenters. The van der Waals surface area contributed by atoms with Crippen molar-refractivity contribution in [3.63, 3.8) is 0 Å². The normalized spacial score (nSPS) is 15.2. The van der Waals surface area contributed by atoms with Crippen LogP contribution >= 0.6 is 0 Å². The maximum Gasteiger partial charge on any atom is 0.526 e. The van der Waals surface area contributed by atoms with E-state index in [1.165, 1.54) is 24.4 Å². The molecule has 1 N–H and O–H groups in total. The Labute approximate surface area is 237 Å². The number of imidazole rings is 1. The fourth-order valence-electron chi connectivity index (χ4n) is 4.40. The van der Waals surface area contributed by atoms with Gasteiger partial charge in [0.2, 0.25) is 0 Å². The molecule has 14 heteroatoms. The van der Waals surface area contributed by atoms with Gasteiger partial charge in [0.05, 0.1) is 24.4 Å². The second-order valence-electron chi connectivity index (χ2n) is 9.32. The van der Waals surface area contributed by atoms with Crippen molar-refractivity contribution >= 4 is 34.9 Å². The molecule has 1 unspecified atom stereocenters. The van der Waals surface area contributed by atoms with Crippen molar-refractivity contribution in [1.82, 2.24) is 24.1 Å². The first-order valence-corrected chi connectivity index (χ1v) is 12.8. The second-order valence-corrected chi connectivity index (χ2v) is 9.32.